The first-order chi connectivity index (χ1) is 8.31. The van der Waals surface area contributed by atoms with Gasteiger partial charge in [-0.15, -0.1) is 0 Å². The fourth-order valence-corrected chi connectivity index (χ4v) is 1.31. The molecule has 17 heavy (non-hydrogen) atoms. The lowest BCUT2D eigenvalue weighted by Crippen LogP contribution is -1.95. The van der Waals surface area contributed by atoms with Gasteiger partial charge in [-0.3, -0.25) is 0 Å². The molecule has 0 spiro atoms. The molecular weight excluding hydrogens is 216 g/mol. The van der Waals surface area contributed by atoms with Gasteiger partial charge in [0.25, 0.3) is 0 Å². The molecular formula is C12H10N4O. The largest absolute Gasteiger partial charge is 0.497 e. The monoisotopic (exact) mass is 226 g/mol. The van der Waals surface area contributed by atoms with Crippen molar-refractivity contribution in [2.75, 3.05) is 12.4 Å². The van der Waals surface area contributed by atoms with Crippen LogP contribution >= 0.6 is 0 Å². The zero-order chi connectivity index (χ0) is 12.1. The highest BCUT2D eigenvalue weighted by molar-refractivity contribution is 5.57. The molecule has 0 aliphatic heterocycles. The zero-order valence-electron chi connectivity index (χ0n) is 9.21. The number of nitrogens with one attached hydrogen (secondary N) is 1. The maximum absolute atomic E-state index is 8.71. The normalized spacial score (nSPS) is 9.41. The van der Waals surface area contributed by atoms with Gasteiger partial charge in [0.1, 0.15) is 29.7 Å². The first-order valence-corrected chi connectivity index (χ1v) is 4.95. The SMILES string of the molecule is COc1ccc(Nc2cc(C#N)ncn2)cc1. The van der Waals surface area contributed by atoms with Crippen molar-refractivity contribution in [2.45, 2.75) is 0 Å². The number of hydrogen-bond acceptors (Lipinski definition) is 5. The van der Waals surface area contributed by atoms with Crippen molar-refractivity contribution in [2.24, 2.45) is 0 Å². The van der Waals surface area contributed by atoms with E-state index < -0.39 is 0 Å². The molecule has 0 saturated carbocycles. The van der Waals surface area contributed by atoms with Crippen LogP contribution in [0.1, 0.15) is 5.69 Å². The van der Waals surface area contributed by atoms with Crippen molar-refractivity contribution in [3.8, 4) is 11.8 Å². The summed E-state index contributed by atoms with van der Waals surface area (Å²) < 4.78 is 5.06. The van der Waals surface area contributed by atoms with E-state index in [4.69, 9.17) is 10.00 Å². The Hall–Kier alpha value is -2.61. The van der Waals surface area contributed by atoms with E-state index in [1.807, 2.05) is 30.3 Å². The van der Waals surface area contributed by atoms with Gasteiger partial charge in [0.15, 0.2) is 0 Å². The molecule has 1 aromatic heterocycles. The Morgan fingerprint density at radius 3 is 2.65 bits per heavy atom. The van der Waals surface area contributed by atoms with Gasteiger partial charge < -0.3 is 10.1 Å². The van der Waals surface area contributed by atoms with Crippen LogP contribution in [0.4, 0.5) is 11.5 Å². The van der Waals surface area contributed by atoms with Crippen LogP contribution in [0.25, 0.3) is 0 Å². The Bertz CT molecular complexity index is 545. The summed E-state index contributed by atoms with van der Waals surface area (Å²) in [6.45, 7) is 0. The fourth-order valence-electron chi connectivity index (χ4n) is 1.31. The highest BCUT2D eigenvalue weighted by Gasteiger charge is 1.99. The van der Waals surface area contributed by atoms with Gasteiger partial charge in [-0.1, -0.05) is 0 Å². The lowest BCUT2D eigenvalue weighted by molar-refractivity contribution is 0.415. The first kappa shape index (κ1) is 10.9. The Morgan fingerprint density at radius 1 is 1.24 bits per heavy atom. The van der Waals surface area contributed by atoms with Crippen molar-refractivity contribution in [3.05, 3.63) is 42.4 Å². The number of hydrogen-bond donors (Lipinski definition) is 1. The molecule has 0 unspecified atom stereocenters. The van der Waals surface area contributed by atoms with Gasteiger partial charge in [0.2, 0.25) is 0 Å². The van der Waals surface area contributed by atoms with Crippen LogP contribution in [0.3, 0.4) is 0 Å². The summed E-state index contributed by atoms with van der Waals surface area (Å²) in [4.78, 5) is 7.82. The second kappa shape index (κ2) is 4.94. The highest BCUT2D eigenvalue weighted by Crippen LogP contribution is 2.18. The molecule has 0 bridgehead atoms. The Balaban J connectivity index is 2.16. The van der Waals surface area contributed by atoms with Gasteiger partial charge in [0, 0.05) is 11.8 Å². The highest BCUT2D eigenvalue weighted by atomic mass is 16.5. The predicted molar refractivity (Wildman–Crippen MR) is 63.0 cm³/mol. The number of benzene rings is 1. The predicted octanol–water partition coefficient (Wildman–Crippen LogP) is 2.10. The van der Waals surface area contributed by atoms with Gasteiger partial charge in [-0.05, 0) is 24.3 Å². The summed E-state index contributed by atoms with van der Waals surface area (Å²) in [5.41, 5.74) is 1.20. The van der Waals surface area contributed by atoms with Crippen LogP contribution in [-0.4, -0.2) is 17.1 Å². The number of aromatic nitrogens is 2. The summed E-state index contributed by atoms with van der Waals surface area (Å²) in [5, 5.41) is 11.8. The summed E-state index contributed by atoms with van der Waals surface area (Å²) in [6.07, 6.45) is 1.35. The van der Waals surface area contributed by atoms with E-state index in [9.17, 15) is 0 Å². The van der Waals surface area contributed by atoms with E-state index in [1.54, 1.807) is 13.2 Å². The quantitative estimate of drug-likeness (QED) is 0.867. The summed E-state index contributed by atoms with van der Waals surface area (Å²) in [7, 11) is 1.62. The molecule has 0 amide bonds. The van der Waals surface area contributed by atoms with Gasteiger partial charge >= 0.3 is 0 Å². The van der Waals surface area contributed by atoms with E-state index in [2.05, 4.69) is 15.3 Å². The van der Waals surface area contributed by atoms with Crippen molar-refractivity contribution in [3.63, 3.8) is 0 Å². The number of nitriles is 1. The van der Waals surface area contributed by atoms with Crippen LogP contribution in [0.5, 0.6) is 5.75 Å². The van der Waals surface area contributed by atoms with Crippen LogP contribution in [0.2, 0.25) is 0 Å². The summed E-state index contributed by atoms with van der Waals surface area (Å²) >= 11 is 0. The van der Waals surface area contributed by atoms with Crippen molar-refractivity contribution in [1.82, 2.24) is 9.97 Å². The van der Waals surface area contributed by atoms with Crippen molar-refractivity contribution in [1.29, 1.82) is 5.26 Å². The Morgan fingerprint density at radius 2 is 2.00 bits per heavy atom. The maximum atomic E-state index is 8.71. The topological polar surface area (TPSA) is 70.8 Å². The smallest absolute Gasteiger partial charge is 0.145 e. The van der Waals surface area contributed by atoms with E-state index >= 15 is 0 Å². The van der Waals surface area contributed by atoms with E-state index in [0.717, 1.165) is 11.4 Å². The molecule has 0 atom stereocenters. The van der Waals surface area contributed by atoms with E-state index in [0.29, 0.717) is 11.5 Å². The first-order valence-electron chi connectivity index (χ1n) is 4.95. The molecule has 5 nitrogen and oxygen atoms in total. The minimum Gasteiger partial charge on any atom is -0.497 e. The molecule has 1 heterocycles. The molecule has 1 N–H and O–H groups in total. The molecule has 2 aromatic rings. The molecule has 2 rings (SSSR count). The standard InChI is InChI=1S/C12H10N4O/c1-17-11-4-2-9(3-5-11)16-12-6-10(7-13)14-8-15-12/h2-6,8H,1H3,(H,14,15,16). The Labute approximate surface area is 98.7 Å². The third kappa shape index (κ3) is 2.69. The Kier molecular flexibility index (Phi) is 3.17. The molecule has 0 radical (unpaired) electrons. The molecule has 0 fully saturated rings. The fraction of sp³-hybridized carbons (Fsp3) is 0.0833. The third-order valence-electron chi connectivity index (χ3n) is 2.14. The minimum atomic E-state index is 0.330. The minimum absolute atomic E-state index is 0.330. The van der Waals surface area contributed by atoms with Crippen molar-refractivity contribution < 1.29 is 4.74 Å². The number of nitrogens with zero attached hydrogens (tertiary/aromatic N) is 3. The molecule has 84 valence electrons. The van der Waals surface area contributed by atoms with Gasteiger partial charge in [-0.2, -0.15) is 5.26 Å². The molecule has 5 heteroatoms. The summed E-state index contributed by atoms with van der Waals surface area (Å²) in [5.74, 6) is 1.37. The lowest BCUT2D eigenvalue weighted by atomic mass is 10.3. The summed E-state index contributed by atoms with van der Waals surface area (Å²) in [6, 6.07) is 11.0. The maximum Gasteiger partial charge on any atom is 0.145 e. The third-order valence-corrected chi connectivity index (χ3v) is 2.14. The van der Waals surface area contributed by atoms with Crippen LogP contribution in [-0.2, 0) is 0 Å². The van der Waals surface area contributed by atoms with Gasteiger partial charge in [-0.25, -0.2) is 9.97 Å². The number of anilines is 2. The second-order valence-corrected chi connectivity index (χ2v) is 3.25. The van der Waals surface area contributed by atoms with Gasteiger partial charge in [0.05, 0.1) is 7.11 Å². The van der Waals surface area contributed by atoms with Crippen LogP contribution in [0.15, 0.2) is 36.7 Å². The number of rotatable bonds is 3. The zero-order valence-corrected chi connectivity index (χ0v) is 9.21. The van der Waals surface area contributed by atoms with E-state index in [1.165, 1.54) is 6.33 Å². The van der Waals surface area contributed by atoms with Crippen LogP contribution < -0.4 is 10.1 Å². The number of ether oxygens (including phenoxy) is 1. The number of methoxy groups -OCH3 is 1. The van der Waals surface area contributed by atoms with Crippen LogP contribution in [0, 0.1) is 11.3 Å². The average Bonchev–Trinajstić information content (AvgIpc) is 2.40. The average molecular weight is 226 g/mol. The molecule has 0 saturated heterocycles. The molecule has 1 aromatic carbocycles. The van der Waals surface area contributed by atoms with E-state index in [-0.39, 0.29) is 0 Å². The molecule has 0 aliphatic carbocycles. The van der Waals surface area contributed by atoms with Crippen molar-refractivity contribution >= 4 is 11.5 Å². The molecule has 0 aliphatic rings. The second-order valence-electron chi connectivity index (χ2n) is 3.25. The lowest BCUT2D eigenvalue weighted by Gasteiger charge is -2.06.